The van der Waals surface area contributed by atoms with Crippen molar-refractivity contribution in [3.05, 3.63) is 11.6 Å². The summed E-state index contributed by atoms with van der Waals surface area (Å²) in [5.74, 6) is -3.12. The molecule has 5 fully saturated rings. The molecule has 41 heavy (non-hydrogen) atoms. The first-order valence-corrected chi connectivity index (χ1v) is 14.8. The topological polar surface area (TPSA) is 203 Å². The van der Waals surface area contributed by atoms with Gasteiger partial charge in [0.05, 0.1) is 34.9 Å². The summed E-state index contributed by atoms with van der Waals surface area (Å²) in [6.07, 6.45) is -5.17. The fraction of sp³-hybridized carbons (Fsp3) is 0.862. The largest absolute Gasteiger partial charge is 0.481 e. The summed E-state index contributed by atoms with van der Waals surface area (Å²) in [5.41, 5.74) is -5.05. The van der Waals surface area contributed by atoms with Crippen molar-refractivity contribution in [2.75, 3.05) is 6.61 Å². The molecular formula is C29H42O12. The van der Waals surface area contributed by atoms with Crippen LogP contribution in [0.3, 0.4) is 0 Å². The summed E-state index contributed by atoms with van der Waals surface area (Å²) in [6, 6.07) is 0. The predicted octanol–water partition coefficient (Wildman–Crippen LogP) is -0.393. The van der Waals surface area contributed by atoms with Gasteiger partial charge in [0.25, 0.3) is 0 Å². The van der Waals surface area contributed by atoms with E-state index in [0.29, 0.717) is 19.3 Å². The van der Waals surface area contributed by atoms with Crippen molar-refractivity contribution in [2.45, 2.75) is 119 Å². The van der Waals surface area contributed by atoms with Crippen molar-refractivity contribution < 1.29 is 59.5 Å². The van der Waals surface area contributed by atoms with Gasteiger partial charge in [-0.1, -0.05) is 6.92 Å². The number of aliphatic carboxylic acids is 1. The lowest BCUT2D eigenvalue weighted by Gasteiger charge is -2.66. The number of carbonyl (C=O) groups excluding carboxylic acids is 1. The summed E-state index contributed by atoms with van der Waals surface area (Å²) in [5, 5.41) is 77.5. The van der Waals surface area contributed by atoms with Crippen LogP contribution in [-0.2, 0) is 23.8 Å². The van der Waals surface area contributed by atoms with Crippen molar-refractivity contribution in [1.29, 1.82) is 0 Å². The van der Waals surface area contributed by atoms with Gasteiger partial charge in [0.2, 0.25) is 0 Å². The standard InChI is InChI=1S/C29H42O12/c1-13-21(32)22(33)23(34)24(40-13)41-15-3-7-28(25(35)36)18-10-19(30)26(2)16(14-9-20(31)39-12-14)5-8-29(26,38)17(18)4-6-27(28,37)11-15/h9,13,15-19,21-24,30,32-34,37-38H,3-8,10-12H2,1-2H3,(H,35,36)/t13-,15+,16-,17-,18+,19-,21+,22-,23-,24+,26+,27+,28-,29+/m1/s1. The molecular weight excluding hydrogens is 540 g/mol. The van der Waals surface area contributed by atoms with Crippen molar-refractivity contribution >= 4 is 11.9 Å². The number of cyclic esters (lactones) is 1. The van der Waals surface area contributed by atoms with E-state index in [2.05, 4.69) is 0 Å². The molecule has 0 aromatic heterocycles. The van der Waals surface area contributed by atoms with E-state index in [4.69, 9.17) is 14.2 Å². The molecule has 6 rings (SSSR count). The second kappa shape index (κ2) is 9.68. The average Bonchev–Trinajstić information content (AvgIpc) is 3.46. The Balaban J connectivity index is 1.28. The SMILES string of the molecule is C[C@H]1O[C@@H](O[C@H]2CC[C@]3(C(=O)O)[C@H]4C[C@@H](O)[C@]5(C)[C@@H](C6=CC(=O)OC6)CC[C@]5(O)[C@@H]4CC[C@]3(O)C2)[C@H](O)[C@H](O)[C@H]1O. The quantitative estimate of drug-likeness (QED) is 0.167. The summed E-state index contributed by atoms with van der Waals surface area (Å²) in [6.45, 7) is 3.48. The third kappa shape index (κ3) is 3.88. The number of carboxylic acid groups (broad SMARTS) is 1. The number of fused-ring (bicyclic) bond motifs is 5. The lowest BCUT2D eigenvalue weighted by Crippen LogP contribution is -2.73. The Morgan fingerprint density at radius 3 is 2.39 bits per heavy atom. The molecule has 4 aliphatic carbocycles. The second-order valence-electron chi connectivity index (χ2n) is 13.6. The normalized spacial score (nSPS) is 54.9. The summed E-state index contributed by atoms with van der Waals surface area (Å²) in [7, 11) is 0. The maximum absolute atomic E-state index is 13.2. The first-order valence-electron chi connectivity index (χ1n) is 14.8. The minimum absolute atomic E-state index is 0.0185. The lowest BCUT2D eigenvalue weighted by atomic mass is 9.40. The molecule has 0 amide bonds. The molecule has 12 nitrogen and oxygen atoms in total. The van der Waals surface area contributed by atoms with Crippen molar-refractivity contribution in [2.24, 2.45) is 28.6 Å². The zero-order chi connectivity index (χ0) is 29.7. The van der Waals surface area contributed by atoms with E-state index in [9.17, 15) is 45.3 Å². The maximum Gasteiger partial charge on any atom is 0.331 e. The average molecular weight is 583 g/mol. The molecule has 4 saturated carbocycles. The highest BCUT2D eigenvalue weighted by Crippen LogP contribution is 2.71. The molecule has 0 radical (unpaired) electrons. The van der Waals surface area contributed by atoms with Gasteiger partial charge < -0.3 is 50.0 Å². The summed E-state index contributed by atoms with van der Waals surface area (Å²) in [4.78, 5) is 25.0. The van der Waals surface area contributed by atoms with E-state index in [0.717, 1.165) is 5.57 Å². The number of hydrogen-bond donors (Lipinski definition) is 7. The van der Waals surface area contributed by atoms with Gasteiger partial charge in [-0.2, -0.15) is 0 Å². The van der Waals surface area contributed by atoms with Gasteiger partial charge in [-0.05, 0) is 75.2 Å². The molecule has 14 atom stereocenters. The number of esters is 1. The smallest absolute Gasteiger partial charge is 0.331 e. The van der Waals surface area contributed by atoms with Gasteiger partial charge >= 0.3 is 11.9 Å². The molecule has 6 aliphatic rings. The highest BCUT2D eigenvalue weighted by atomic mass is 16.7. The Hall–Kier alpha value is -1.64. The van der Waals surface area contributed by atoms with Crippen LogP contribution in [0.4, 0.5) is 0 Å². The van der Waals surface area contributed by atoms with Crippen LogP contribution in [0.5, 0.6) is 0 Å². The Labute approximate surface area is 237 Å². The zero-order valence-electron chi connectivity index (χ0n) is 23.4. The molecule has 230 valence electrons. The number of hydrogen-bond acceptors (Lipinski definition) is 11. The third-order valence-electron chi connectivity index (χ3n) is 12.1. The Kier molecular flexibility index (Phi) is 6.95. The highest BCUT2D eigenvalue weighted by molar-refractivity contribution is 5.85. The number of ether oxygens (including phenoxy) is 3. The molecule has 0 aromatic carbocycles. The van der Waals surface area contributed by atoms with Crippen LogP contribution in [-0.4, -0.2) is 108 Å². The number of aliphatic hydroxyl groups excluding tert-OH is 4. The molecule has 2 heterocycles. The molecule has 1 saturated heterocycles. The van der Waals surface area contributed by atoms with Gasteiger partial charge in [-0.3, -0.25) is 4.79 Å². The number of carboxylic acids is 1. The van der Waals surface area contributed by atoms with Crippen LogP contribution in [0.1, 0.15) is 65.2 Å². The van der Waals surface area contributed by atoms with Crippen LogP contribution < -0.4 is 0 Å². The van der Waals surface area contributed by atoms with E-state index in [1.165, 1.54) is 13.0 Å². The maximum atomic E-state index is 13.2. The minimum Gasteiger partial charge on any atom is -0.481 e. The fourth-order valence-electron chi connectivity index (χ4n) is 9.90. The molecule has 0 unspecified atom stereocenters. The van der Waals surface area contributed by atoms with Gasteiger partial charge in [-0.25, -0.2) is 4.79 Å². The Morgan fingerprint density at radius 2 is 1.73 bits per heavy atom. The number of rotatable bonds is 4. The fourth-order valence-corrected chi connectivity index (χ4v) is 9.90. The van der Waals surface area contributed by atoms with E-state index in [1.54, 1.807) is 0 Å². The van der Waals surface area contributed by atoms with Crippen molar-refractivity contribution in [1.82, 2.24) is 0 Å². The first-order chi connectivity index (χ1) is 19.2. The Bertz CT molecular complexity index is 1130. The molecule has 0 spiro atoms. The monoisotopic (exact) mass is 582 g/mol. The van der Waals surface area contributed by atoms with Crippen LogP contribution in [0.2, 0.25) is 0 Å². The zero-order valence-corrected chi connectivity index (χ0v) is 23.4. The van der Waals surface area contributed by atoms with Crippen LogP contribution in [0, 0.1) is 28.6 Å². The summed E-state index contributed by atoms with van der Waals surface area (Å²) >= 11 is 0. The van der Waals surface area contributed by atoms with E-state index < -0.39 is 88.7 Å². The molecule has 2 aliphatic heterocycles. The molecule has 0 bridgehead atoms. The van der Waals surface area contributed by atoms with Gasteiger partial charge in [0.1, 0.15) is 24.9 Å². The second-order valence-corrected chi connectivity index (χ2v) is 13.6. The van der Waals surface area contributed by atoms with Crippen LogP contribution in [0.15, 0.2) is 11.6 Å². The van der Waals surface area contributed by atoms with Gasteiger partial charge in [0, 0.05) is 17.9 Å². The first kappa shape index (κ1) is 29.4. The highest BCUT2D eigenvalue weighted by Gasteiger charge is 2.75. The van der Waals surface area contributed by atoms with E-state index in [1.807, 2.05) is 6.92 Å². The lowest BCUT2D eigenvalue weighted by molar-refractivity contribution is -0.321. The van der Waals surface area contributed by atoms with Crippen LogP contribution in [0.25, 0.3) is 0 Å². The van der Waals surface area contributed by atoms with Gasteiger partial charge in [0.15, 0.2) is 6.29 Å². The van der Waals surface area contributed by atoms with Crippen molar-refractivity contribution in [3.63, 3.8) is 0 Å². The molecule has 7 N–H and O–H groups in total. The van der Waals surface area contributed by atoms with Crippen molar-refractivity contribution in [3.8, 4) is 0 Å². The number of carbonyl (C=O) groups is 2. The van der Waals surface area contributed by atoms with E-state index >= 15 is 0 Å². The minimum atomic E-state index is -1.72. The summed E-state index contributed by atoms with van der Waals surface area (Å²) < 4.78 is 16.7. The molecule has 12 heteroatoms. The van der Waals surface area contributed by atoms with Gasteiger partial charge in [-0.15, -0.1) is 0 Å². The molecule has 0 aromatic rings. The number of aliphatic hydroxyl groups is 6. The Morgan fingerprint density at radius 1 is 1.00 bits per heavy atom. The third-order valence-corrected chi connectivity index (χ3v) is 12.1. The van der Waals surface area contributed by atoms with Crippen LogP contribution >= 0.6 is 0 Å². The van der Waals surface area contributed by atoms with E-state index in [-0.39, 0.29) is 44.6 Å². The predicted molar refractivity (Wildman–Crippen MR) is 138 cm³/mol.